The van der Waals surface area contributed by atoms with Crippen LogP contribution in [0.5, 0.6) is 0 Å². The number of nitrogens with zero attached hydrogens (tertiary/aromatic N) is 5. The predicted molar refractivity (Wildman–Crippen MR) is 116 cm³/mol. The Balaban J connectivity index is 1.71. The molecule has 0 aromatic carbocycles. The summed E-state index contributed by atoms with van der Waals surface area (Å²) in [4.78, 5) is 5.18. The highest BCUT2D eigenvalue weighted by atomic mass is 127. The summed E-state index contributed by atoms with van der Waals surface area (Å²) in [7, 11) is 3.80. The third kappa shape index (κ3) is 4.17. The Morgan fingerprint density at radius 3 is 2.54 bits per heavy atom. The number of halogens is 1. The molecule has 0 saturated heterocycles. The lowest BCUT2D eigenvalue weighted by Crippen LogP contribution is -2.28. The van der Waals surface area contributed by atoms with Gasteiger partial charge >= 0.3 is 0 Å². The highest BCUT2D eigenvalue weighted by Crippen LogP contribution is 2.26. The van der Waals surface area contributed by atoms with Crippen molar-refractivity contribution in [1.29, 1.82) is 0 Å². The second kappa shape index (κ2) is 7.51. The molecule has 0 aliphatic carbocycles. The van der Waals surface area contributed by atoms with E-state index in [1.807, 2.05) is 57.0 Å². The van der Waals surface area contributed by atoms with E-state index in [0.29, 0.717) is 13.1 Å². The minimum Gasteiger partial charge on any atom is -0.364 e. The molecule has 10 heteroatoms. The van der Waals surface area contributed by atoms with Gasteiger partial charge in [0.1, 0.15) is 5.82 Å². The molecule has 0 aliphatic rings. The molecule has 3 aromatic heterocycles. The maximum absolute atomic E-state index is 13.3. The lowest BCUT2D eigenvalue weighted by atomic mass is 9.92. The summed E-state index contributed by atoms with van der Waals surface area (Å²) < 4.78 is 16.9. The van der Waals surface area contributed by atoms with E-state index in [2.05, 4.69) is 41.7 Å². The van der Waals surface area contributed by atoms with E-state index in [1.165, 1.54) is 0 Å². The number of nitrogens with one attached hydrogen (secondary N) is 1. The standard InChI is InChI=1S/C16H22BIN6OS/c1-11-16(12(2)24(4)21-11)17-26(18,25)14-5-6-15(20-10-14)19-9-13-7-8-23(3)22-13/h5-8,10,17,26H,9H2,1-4H3,(H,19,20). The molecule has 3 rings (SSSR count). The van der Waals surface area contributed by atoms with E-state index < -0.39 is 6.96 Å². The Morgan fingerprint density at radius 1 is 1.23 bits per heavy atom. The minimum atomic E-state index is -2.59. The topological polar surface area (TPSA) is 77.6 Å². The molecule has 0 unspecified atom stereocenters. The van der Waals surface area contributed by atoms with Crippen molar-refractivity contribution in [2.45, 2.75) is 25.3 Å². The van der Waals surface area contributed by atoms with Crippen LogP contribution in [0.1, 0.15) is 17.1 Å². The Hall–Kier alpha value is -1.69. The normalized spacial score (nSPS) is 12.2. The lowest BCUT2D eigenvalue weighted by molar-refractivity contribution is 0.689. The van der Waals surface area contributed by atoms with Gasteiger partial charge in [-0.15, -0.1) is 0 Å². The Kier molecular flexibility index (Phi) is 5.51. The molecule has 0 aliphatic heterocycles. The van der Waals surface area contributed by atoms with Gasteiger partial charge in [-0.3, -0.25) is 13.6 Å². The minimum absolute atomic E-state index is 0.488. The van der Waals surface area contributed by atoms with Crippen LogP contribution in [0.3, 0.4) is 0 Å². The number of aromatic nitrogens is 5. The molecule has 0 spiro atoms. The fourth-order valence-corrected chi connectivity index (χ4v) is 6.22. The van der Waals surface area contributed by atoms with Gasteiger partial charge in [0.25, 0.3) is 6.56 Å². The zero-order valence-corrected chi connectivity index (χ0v) is 18.3. The summed E-state index contributed by atoms with van der Waals surface area (Å²) in [6.07, 6.45) is 3.61. The monoisotopic (exact) mass is 484 g/mol. The zero-order valence-electron chi connectivity index (χ0n) is 15.3. The number of thiol groups is 1. The second-order valence-corrected chi connectivity index (χ2v) is 13.1. The van der Waals surface area contributed by atoms with Gasteiger partial charge in [0.15, 0.2) is 0 Å². The molecule has 0 amide bonds. The predicted octanol–water partition coefficient (Wildman–Crippen LogP) is 1.18. The van der Waals surface area contributed by atoms with Crippen LogP contribution in [0, 0.1) is 13.8 Å². The van der Waals surface area contributed by atoms with Crippen LogP contribution in [-0.2, 0) is 27.6 Å². The van der Waals surface area contributed by atoms with E-state index in [1.54, 1.807) is 10.9 Å². The van der Waals surface area contributed by atoms with Crippen molar-refractivity contribution in [1.82, 2.24) is 24.5 Å². The molecule has 0 radical (unpaired) electrons. The van der Waals surface area contributed by atoms with Crippen LogP contribution in [0.25, 0.3) is 0 Å². The number of rotatable bonds is 6. The quantitative estimate of drug-likeness (QED) is 0.238. The molecule has 0 fully saturated rings. The fraction of sp³-hybridized carbons (Fsp3) is 0.312. The molecule has 0 saturated carbocycles. The maximum atomic E-state index is 13.3. The van der Waals surface area contributed by atoms with Crippen molar-refractivity contribution in [2.24, 2.45) is 14.1 Å². The van der Waals surface area contributed by atoms with Gasteiger partial charge in [0, 0.05) is 37.1 Å². The Morgan fingerprint density at radius 2 is 2.00 bits per heavy atom. The summed E-state index contributed by atoms with van der Waals surface area (Å²) in [5.74, 6) is 0.740. The lowest BCUT2D eigenvalue weighted by Gasteiger charge is -2.16. The van der Waals surface area contributed by atoms with Crippen molar-refractivity contribution in [2.75, 3.05) is 5.32 Å². The smallest absolute Gasteiger partial charge is 0.260 e. The highest BCUT2D eigenvalue weighted by molar-refractivity contribution is 14.2. The van der Waals surface area contributed by atoms with E-state index in [0.717, 1.165) is 33.3 Å². The summed E-state index contributed by atoms with van der Waals surface area (Å²) in [6.45, 7) is 2.47. The number of aryl methyl sites for hydroxylation is 3. The van der Waals surface area contributed by atoms with Crippen LogP contribution in [-0.4, -0.2) is 35.3 Å². The number of hydrogen-bond donors (Lipinski definition) is 2. The van der Waals surface area contributed by atoms with Crippen molar-refractivity contribution < 1.29 is 4.21 Å². The largest absolute Gasteiger partial charge is 0.364 e. The van der Waals surface area contributed by atoms with Gasteiger partial charge in [-0.2, -0.15) is 10.2 Å². The first-order chi connectivity index (χ1) is 12.3. The van der Waals surface area contributed by atoms with Crippen molar-refractivity contribution in [3.05, 3.63) is 47.7 Å². The van der Waals surface area contributed by atoms with Gasteiger partial charge < -0.3 is 5.32 Å². The molecule has 26 heavy (non-hydrogen) atoms. The Labute approximate surface area is 166 Å². The average molecular weight is 484 g/mol. The zero-order chi connectivity index (χ0) is 18.9. The summed E-state index contributed by atoms with van der Waals surface area (Å²) in [5.41, 5.74) is 3.99. The first kappa shape index (κ1) is 19.1. The molecule has 138 valence electrons. The molecule has 0 atom stereocenters. The van der Waals surface area contributed by atoms with E-state index in [4.69, 9.17) is 0 Å². The average Bonchev–Trinajstić information content (AvgIpc) is 3.11. The van der Waals surface area contributed by atoms with E-state index in [9.17, 15) is 4.21 Å². The molecular formula is C16H22BIN6OS. The number of hydrogen-bond acceptors (Lipinski definition) is 5. The maximum Gasteiger partial charge on any atom is 0.260 e. The third-order valence-corrected chi connectivity index (χ3v) is 8.83. The molecule has 7 nitrogen and oxygen atoms in total. The summed E-state index contributed by atoms with van der Waals surface area (Å²) in [6, 6.07) is 5.72. The second-order valence-electron chi connectivity index (χ2n) is 6.32. The van der Waals surface area contributed by atoms with Gasteiger partial charge in [-0.05, 0) is 58.7 Å². The van der Waals surface area contributed by atoms with Crippen molar-refractivity contribution in [3.8, 4) is 0 Å². The SMILES string of the molecule is Cc1nn(C)c(C)c1B[SH](=O)(I)c1ccc(NCc2ccn(C)n2)nc1. The van der Waals surface area contributed by atoms with Gasteiger partial charge in [-0.1, -0.05) is 6.96 Å². The first-order valence-corrected chi connectivity index (χ1v) is 12.9. The van der Waals surface area contributed by atoms with E-state index in [-0.39, 0.29) is 0 Å². The first-order valence-electron chi connectivity index (χ1n) is 8.23. The fourth-order valence-electron chi connectivity index (χ4n) is 2.77. The van der Waals surface area contributed by atoms with Crippen molar-refractivity contribution in [3.63, 3.8) is 0 Å². The van der Waals surface area contributed by atoms with Crippen LogP contribution < -0.4 is 10.8 Å². The van der Waals surface area contributed by atoms with Gasteiger partial charge in [0.05, 0.1) is 17.9 Å². The third-order valence-electron chi connectivity index (χ3n) is 4.37. The molecule has 0 bridgehead atoms. The van der Waals surface area contributed by atoms with Crippen molar-refractivity contribution >= 4 is 46.0 Å². The molecular weight excluding hydrogens is 462 g/mol. The Bertz CT molecular complexity index is 968. The summed E-state index contributed by atoms with van der Waals surface area (Å²) in [5, 5.41) is 12.0. The number of anilines is 1. The van der Waals surface area contributed by atoms with Gasteiger partial charge in [-0.25, -0.2) is 4.98 Å². The van der Waals surface area contributed by atoms with Crippen LogP contribution in [0.4, 0.5) is 5.82 Å². The van der Waals surface area contributed by atoms with Gasteiger partial charge in [0.2, 0.25) is 0 Å². The highest BCUT2D eigenvalue weighted by Gasteiger charge is 2.22. The van der Waals surface area contributed by atoms with Crippen LogP contribution >= 0.6 is 21.2 Å². The molecule has 3 heterocycles. The number of pyridine rings is 1. The summed E-state index contributed by atoms with van der Waals surface area (Å²) >= 11 is 2.08. The van der Waals surface area contributed by atoms with E-state index >= 15 is 0 Å². The molecule has 1 N–H and O–H groups in total. The van der Waals surface area contributed by atoms with Crippen LogP contribution in [0.2, 0.25) is 0 Å². The van der Waals surface area contributed by atoms with Crippen LogP contribution in [0.15, 0.2) is 35.5 Å². The molecule has 3 aromatic rings.